The van der Waals surface area contributed by atoms with Crippen molar-refractivity contribution >= 4 is 23.2 Å². The molecule has 1 rings (SSSR count). The van der Waals surface area contributed by atoms with Gasteiger partial charge in [0.2, 0.25) is 0 Å². The van der Waals surface area contributed by atoms with Crippen LogP contribution in [0, 0.1) is 5.41 Å². The zero-order valence-corrected chi connectivity index (χ0v) is 13.8. The van der Waals surface area contributed by atoms with Crippen molar-refractivity contribution in [3.8, 4) is 0 Å². The van der Waals surface area contributed by atoms with E-state index < -0.39 is 0 Å². The van der Waals surface area contributed by atoms with Crippen molar-refractivity contribution in [3.63, 3.8) is 0 Å². The average Bonchev–Trinajstić information content (AvgIpc) is 2.30. The van der Waals surface area contributed by atoms with Gasteiger partial charge >= 0.3 is 0 Å². The van der Waals surface area contributed by atoms with Crippen molar-refractivity contribution in [1.82, 2.24) is 5.32 Å². The fourth-order valence-corrected chi connectivity index (χ4v) is 2.76. The molecule has 0 aliphatic rings. The highest BCUT2D eigenvalue weighted by atomic mass is 35.5. The maximum Gasteiger partial charge on any atom is 0.0814 e. The lowest BCUT2D eigenvalue weighted by atomic mass is 9.82. The van der Waals surface area contributed by atoms with Crippen LogP contribution in [0.3, 0.4) is 0 Å². The Morgan fingerprint density at radius 1 is 1.26 bits per heavy atom. The van der Waals surface area contributed by atoms with Gasteiger partial charge in [-0.2, -0.15) is 0 Å². The molecule has 0 heterocycles. The van der Waals surface area contributed by atoms with Gasteiger partial charge in [-0.3, -0.25) is 0 Å². The Morgan fingerprint density at radius 3 is 2.37 bits per heavy atom. The largest absolute Gasteiger partial charge is 0.379 e. The Hall–Kier alpha value is -0.280. The van der Waals surface area contributed by atoms with Crippen LogP contribution in [0.4, 0.5) is 0 Å². The number of methoxy groups -OCH3 is 1. The first-order valence-electron chi connectivity index (χ1n) is 6.52. The second kappa shape index (κ2) is 6.94. The molecule has 108 valence electrons. The quantitative estimate of drug-likeness (QED) is 0.851. The van der Waals surface area contributed by atoms with Gasteiger partial charge < -0.3 is 10.1 Å². The van der Waals surface area contributed by atoms with E-state index in [0.29, 0.717) is 10.0 Å². The molecule has 0 aromatic heterocycles. The molecule has 19 heavy (non-hydrogen) atoms. The Labute approximate surface area is 126 Å². The number of benzene rings is 1. The Balaban J connectivity index is 3.22. The summed E-state index contributed by atoms with van der Waals surface area (Å²) in [6.45, 7) is 9.38. The maximum absolute atomic E-state index is 6.32. The first kappa shape index (κ1) is 16.8. The van der Waals surface area contributed by atoms with E-state index in [1.807, 2.05) is 12.1 Å². The number of nitrogens with one attached hydrogen (secondary N) is 1. The topological polar surface area (TPSA) is 21.3 Å². The number of rotatable bonds is 5. The molecular formula is C15H23Cl2NO. The predicted molar refractivity (Wildman–Crippen MR) is 83.1 cm³/mol. The summed E-state index contributed by atoms with van der Waals surface area (Å²) >= 11 is 12.4. The zero-order valence-electron chi connectivity index (χ0n) is 12.3. The number of hydrogen-bond donors (Lipinski definition) is 1. The van der Waals surface area contributed by atoms with Crippen LogP contribution >= 0.6 is 23.2 Å². The zero-order chi connectivity index (χ0) is 14.6. The van der Waals surface area contributed by atoms with Crippen molar-refractivity contribution in [2.45, 2.75) is 39.8 Å². The highest BCUT2D eigenvalue weighted by Crippen LogP contribution is 2.36. The Bertz CT molecular complexity index is 415. The molecule has 1 N–H and O–H groups in total. The number of likely N-dealkylation sites (N-methyl/N-ethyl adjacent to an activating group) is 1. The van der Waals surface area contributed by atoms with Crippen LogP contribution in [0.5, 0.6) is 0 Å². The van der Waals surface area contributed by atoms with Crippen LogP contribution in [0.25, 0.3) is 0 Å². The summed E-state index contributed by atoms with van der Waals surface area (Å²) in [4.78, 5) is 0. The summed E-state index contributed by atoms with van der Waals surface area (Å²) in [6.07, 6.45) is 0.00316. The molecule has 2 atom stereocenters. The van der Waals surface area contributed by atoms with Gasteiger partial charge in [-0.15, -0.1) is 0 Å². The minimum Gasteiger partial charge on any atom is -0.379 e. The van der Waals surface area contributed by atoms with Gasteiger partial charge in [-0.25, -0.2) is 0 Å². The van der Waals surface area contributed by atoms with Gasteiger partial charge in [0.05, 0.1) is 12.1 Å². The molecule has 0 aliphatic carbocycles. The lowest BCUT2D eigenvalue weighted by molar-refractivity contribution is -0.0115. The molecule has 2 unspecified atom stereocenters. The molecular weight excluding hydrogens is 281 g/mol. The van der Waals surface area contributed by atoms with Gasteiger partial charge in [-0.05, 0) is 35.7 Å². The molecule has 4 heteroatoms. The fourth-order valence-electron chi connectivity index (χ4n) is 2.34. The third kappa shape index (κ3) is 4.35. The lowest BCUT2D eigenvalue weighted by Crippen LogP contribution is -2.41. The summed E-state index contributed by atoms with van der Waals surface area (Å²) in [6, 6.07) is 5.56. The van der Waals surface area contributed by atoms with E-state index >= 15 is 0 Å². The van der Waals surface area contributed by atoms with Crippen molar-refractivity contribution in [3.05, 3.63) is 33.8 Å². The van der Waals surface area contributed by atoms with Gasteiger partial charge in [0.25, 0.3) is 0 Å². The summed E-state index contributed by atoms with van der Waals surface area (Å²) < 4.78 is 5.71. The van der Waals surface area contributed by atoms with Gasteiger partial charge in [0.1, 0.15) is 0 Å². The van der Waals surface area contributed by atoms with Crippen molar-refractivity contribution in [2.24, 2.45) is 5.41 Å². The standard InChI is InChI=1S/C15H23Cl2NO/c1-6-18-13(14(19-5)15(2,3)4)11-9-10(16)7-8-12(11)17/h7-9,13-14,18H,6H2,1-5H3. The molecule has 0 aliphatic heterocycles. The van der Waals surface area contributed by atoms with E-state index in [4.69, 9.17) is 27.9 Å². The molecule has 0 bridgehead atoms. The van der Waals surface area contributed by atoms with Crippen LogP contribution < -0.4 is 5.32 Å². The molecule has 0 spiro atoms. The fraction of sp³-hybridized carbons (Fsp3) is 0.600. The van der Waals surface area contributed by atoms with Crippen molar-refractivity contribution < 1.29 is 4.74 Å². The van der Waals surface area contributed by atoms with Crippen LogP contribution in [-0.4, -0.2) is 19.8 Å². The van der Waals surface area contributed by atoms with E-state index in [2.05, 4.69) is 33.0 Å². The predicted octanol–water partition coefficient (Wildman–Crippen LogP) is 4.71. The summed E-state index contributed by atoms with van der Waals surface area (Å²) in [5.74, 6) is 0. The molecule has 1 aromatic carbocycles. The smallest absolute Gasteiger partial charge is 0.0814 e. The summed E-state index contributed by atoms with van der Waals surface area (Å²) in [5.41, 5.74) is 0.977. The third-order valence-electron chi connectivity index (χ3n) is 3.13. The van der Waals surface area contributed by atoms with E-state index in [9.17, 15) is 0 Å². The SMILES string of the molecule is CCNC(c1cc(Cl)ccc1Cl)C(OC)C(C)(C)C. The van der Waals surface area contributed by atoms with Crippen LogP contribution in [0.1, 0.15) is 39.3 Å². The Kier molecular flexibility index (Phi) is 6.13. The summed E-state index contributed by atoms with van der Waals surface area (Å²) in [5, 5.41) is 4.85. The second-order valence-corrected chi connectivity index (χ2v) is 6.57. The third-order valence-corrected chi connectivity index (χ3v) is 3.71. The minimum absolute atomic E-state index is 0.00316. The first-order valence-corrected chi connectivity index (χ1v) is 7.28. The number of halogens is 2. The van der Waals surface area contributed by atoms with E-state index in [1.165, 1.54) is 0 Å². The monoisotopic (exact) mass is 303 g/mol. The molecule has 0 amide bonds. The lowest BCUT2D eigenvalue weighted by Gasteiger charge is -2.37. The van der Waals surface area contributed by atoms with Gasteiger partial charge in [0.15, 0.2) is 0 Å². The molecule has 0 radical (unpaired) electrons. The van der Waals surface area contributed by atoms with Crippen molar-refractivity contribution in [1.29, 1.82) is 0 Å². The van der Waals surface area contributed by atoms with E-state index in [-0.39, 0.29) is 17.6 Å². The molecule has 0 fully saturated rings. The number of ether oxygens (including phenoxy) is 1. The molecule has 2 nitrogen and oxygen atoms in total. The van der Waals surface area contributed by atoms with Crippen LogP contribution in [0.15, 0.2) is 18.2 Å². The second-order valence-electron chi connectivity index (χ2n) is 5.72. The highest BCUT2D eigenvalue weighted by molar-refractivity contribution is 6.33. The van der Waals surface area contributed by atoms with Gasteiger partial charge in [-0.1, -0.05) is 50.9 Å². The van der Waals surface area contributed by atoms with Crippen molar-refractivity contribution in [2.75, 3.05) is 13.7 Å². The average molecular weight is 304 g/mol. The van der Waals surface area contributed by atoms with Crippen LogP contribution in [-0.2, 0) is 4.74 Å². The first-order chi connectivity index (χ1) is 8.81. The molecule has 0 saturated carbocycles. The number of hydrogen-bond acceptors (Lipinski definition) is 2. The minimum atomic E-state index is -0.00671. The highest BCUT2D eigenvalue weighted by Gasteiger charge is 2.34. The maximum atomic E-state index is 6.32. The normalized spacial score (nSPS) is 15.3. The van der Waals surface area contributed by atoms with E-state index in [0.717, 1.165) is 12.1 Å². The molecule has 0 saturated heterocycles. The summed E-state index contributed by atoms with van der Waals surface area (Å²) in [7, 11) is 1.73. The van der Waals surface area contributed by atoms with Crippen LogP contribution in [0.2, 0.25) is 10.0 Å². The van der Waals surface area contributed by atoms with Gasteiger partial charge in [0, 0.05) is 17.2 Å². The Morgan fingerprint density at radius 2 is 1.89 bits per heavy atom. The van der Waals surface area contributed by atoms with E-state index in [1.54, 1.807) is 13.2 Å². The molecule has 1 aromatic rings.